The Morgan fingerprint density at radius 1 is 1.17 bits per heavy atom. The van der Waals surface area contributed by atoms with E-state index in [-0.39, 0.29) is 5.91 Å². The van der Waals surface area contributed by atoms with Gasteiger partial charge in [-0.15, -0.1) is 0 Å². The van der Waals surface area contributed by atoms with Crippen LogP contribution in [0, 0.1) is 6.92 Å². The first-order chi connectivity index (χ1) is 11.6. The molecule has 0 radical (unpaired) electrons. The van der Waals surface area contributed by atoms with Crippen LogP contribution in [0.2, 0.25) is 0 Å². The molecule has 0 spiro atoms. The van der Waals surface area contributed by atoms with Gasteiger partial charge in [-0.1, -0.05) is 35.9 Å². The van der Waals surface area contributed by atoms with Crippen molar-refractivity contribution in [3.63, 3.8) is 0 Å². The molecule has 4 heteroatoms. The smallest absolute Gasteiger partial charge is 0.220 e. The summed E-state index contributed by atoms with van der Waals surface area (Å²) in [6.45, 7) is 2.56. The van der Waals surface area contributed by atoms with Crippen LogP contribution in [-0.4, -0.2) is 11.9 Å². The first-order valence-corrected chi connectivity index (χ1v) is 8.46. The van der Waals surface area contributed by atoms with Gasteiger partial charge in [0, 0.05) is 12.5 Å². The summed E-state index contributed by atoms with van der Waals surface area (Å²) in [5.41, 5.74) is 10.1. The van der Waals surface area contributed by atoms with Gasteiger partial charge in [0.15, 0.2) is 0 Å². The van der Waals surface area contributed by atoms with Crippen molar-refractivity contribution >= 4 is 11.6 Å². The zero-order chi connectivity index (χ0) is 16.9. The van der Waals surface area contributed by atoms with E-state index in [2.05, 4.69) is 36.5 Å². The summed E-state index contributed by atoms with van der Waals surface area (Å²) in [6.07, 6.45) is 3.43. The second kappa shape index (κ2) is 7.39. The number of nitrogens with two attached hydrogens (primary N) is 1. The van der Waals surface area contributed by atoms with Crippen LogP contribution in [0.25, 0.3) is 0 Å². The number of rotatable bonds is 7. The number of aryl methyl sites for hydroxylation is 2. The monoisotopic (exact) mass is 324 g/mol. The number of carbonyl (C=O) groups is 1. The molecule has 0 heterocycles. The maximum Gasteiger partial charge on any atom is 0.220 e. The summed E-state index contributed by atoms with van der Waals surface area (Å²) in [5, 5.41) is 3.00. The Hall–Kier alpha value is -2.49. The summed E-state index contributed by atoms with van der Waals surface area (Å²) in [4.78, 5) is 11.7. The normalized spacial score (nSPS) is 13.5. The standard InChI is InChI=1S/C20H24N2O2/c1-14-2-4-16(5-3-14)13-24-19-10-6-15(12-18(19)21)7-11-20(23)22-17-8-9-17/h2-6,10,12,17H,7-9,11,13,21H2,1H3,(H,22,23). The minimum atomic E-state index is 0.121. The van der Waals surface area contributed by atoms with Gasteiger partial charge in [-0.25, -0.2) is 0 Å². The predicted octanol–water partition coefficient (Wildman–Crippen LogP) is 3.37. The average Bonchev–Trinajstić information content (AvgIpc) is 3.37. The summed E-state index contributed by atoms with van der Waals surface area (Å²) >= 11 is 0. The van der Waals surface area contributed by atoms with Crippen molar-refractivity contribution in [2.45, 2.75) is 45.3 Å². The number of hydrogen-bond donors (Lipinski definition) is 2. The molecule has 2 aromatic carbocycles. The number of nitrogens with one attached hydrogen (secondary N) is 1. The molecule has 3 rings (SSSR count). The average molecular weight is 324 g/mol. The summed E-state index contributed by atoms with van der Waals surface area (Å²) in [7, 11) is 0. The van der Waals surface area contributed by atoms with Crippen molar-refractivity contribution in [1.29, 1.82) is 0 Å². The van der Waals surface area contributed by atoms with Gasteiger partial charge in [0.2, 0.25) is 5.91 Å². The molecular weight excluding hydrogens is 300 g/mol. The lowest BCUT2D eigenvalue weighted by atomic mass is 10.1. The van der Waals surface area contributed by atoms with Crippen LogP contribution in [0.1, 0.15) is 36.0 Å². The highest BCUT2D eigenvalue weighted by molar-refractivity contribution is 5.76. The van der Waals surface area contributed by atoms with Crippen LogP contribution < -0.4 is 15.8 Å². The quantitative estimate of drug-likeness (QED) is 0.768. The Bertz CT molecular complexity index is 706. The fourth-order valence-electron chi connectivity index (χ4n) is 2.52. The van der Waals surface area contributed by atoms with Crippen molar-refractivity contribution in [3.8, 4) is 5.75 Å². The van der Waals surface area contributed by atoms with Gasteiger partial charge in [-0.3, -0.25) is 4.79 Å². The van der Waals surface area contributed by atoms with Gasteiger partial charge in [0.25, 0.3) is 0 Å². The highest BCUT2D eigenvalue weighted by Crippen LogP contribution is 2.24. The molecule has 4 nitrogen and oxygen atoms in total. The van der Waals surface area contributed by atoms with Gasteiger partial charge < -0.3 is 15.8 Å². The van der Waals surface area contributed by atoms with E-state index in [1.165, 1.54) is 5.56 Å². The zero-order valence-electron chi connectivity index (χ0n) is 14.0. The minimum absolute atomic E-state index is 0.121. The molecule has 1 saturated carbocycles. The number of hydrogen-bond acceptors (Lipinski definition) is 3. The van der Waals surface area contributed by atoms with Crippen LogP contribution in [0.15, 0.2) is 42.5 Å². The number of ether oxygens (including phenoxy) is 1. The lowest BCUT2D eigenvalue weighted by Gasteiger charge is -2.11. The molecule has 3 N–H and O–H groups in total. The number of anilines is 1. The van der Waals surface area contributed by atoms with E-state index in [0.717, 1.165) is 24.0 Å². The van der Waals surface area contributed by atoms with Crippen molar-refractivity contribution in [2.75, 3.05) is 5.73 Å². The van der Waals surface area contributed by atoms with E-state index in [1.807, 2.05) is 18.2 Å². The van der Waals surface area contributed by atoms with Gasteiger partial charge >= 0.3 is 0 Å². The van der Waals surface area contributed by atoms with Gasteiger partial charge in [0.05, 0.1) is 5.69 Å². The highest BCUT2D eigenvalue weighted by atomic mass is 16.5. The second-order valence-corrected chi connectivity index (χ2v) is 6.49. The van der Waals surface area contributed by atoms with Crippen molar-refractivity contribution in [2.24, 2.45) is 0 Å². The van der Waals surface area contributed by atoms with E-state index in [1.54, 1.807) is 0 Å². The Labute approximate surface area is 143 Å². The van der Waals surface area contributed by atoms with Crippen molar-refractivity contribution in [3.05, 3.63) is 59.2 Å². The molecule has 1 aliphatic rings. The third-order valence-corrected chi connectivity index (χ3v) is 4.17. The SMILES string of the molecule is Cc1ccc(COc2ccc(CCC(=O)NC3CC3)cc2N)cc1. The number of nitrogen functional groups attached to an aromatic ring is 1. The Morgan fingerprint density at radius 3 is 2.54 bits per heavy atom. The van der Waals surface area contributed by atoms with Gasteiger partial charge in [-0.2, -0.15) is 0 Å². The van der Waals surface area contributed by atoms with Crippen LogP contribution >= 0.6 is 0 Å². The maximum absolute atomic E-state index is 11.7. The molecule has 0 unspecified atom stereocenters. The van der Waals surface area contributed by atoms with Crippen LogP contribution in [0.4, 0.5) is 5.69 Å². The van der Waals surface area contributed by atoms with Crippen LogP contribution in [-0.2, 0) is 17.8 Å². The topological polar surface area (TPSA) is 64.3 Å². The molecule has 0 aromatic heterocycles. The molecule has 1 fully saturated rings. The predicted molar refractivity (Wildman–Crippen MR) is 95.9 cm³/mol. The second-order valence-electron chi connectivity index (χ2n) is 6.49. The lowest BCUT2D eigenvalue weighted by Crippen LogP contribution is -2.25. The van der Waals surface area contributed by atoms with Crippen molar-refractivity contribution in [1.82, 2.24) is 5.32 Å². The van der Waals surface area contributed by atoms with E-state index < -0.39 is 0 Å². The zero-order valence-corrected chi connectivity index (χ0v) is 14.0. The Kier molecular flexibility index (Phi) is 5.04. The van der Waals surface area contributed by atoms with Crippen molar-refractivity contribution < 1.29 is 9.53 Å². The molecule has 2 aromatic rings. The van der Waals surface area contributed by atoms with Gasteiger partial charge in [-0.05, 0) is 49.4 Å². The fourth-order valence-corrected chi connectivity index (χ4v) is 2.52. The summed E-state index contributed by atoms with van der Waals surface area (Å²) in [5.74, 6) is 0.803. The third-order valence-electron chi connectivity index (χ3n) is 4.17. The summed E-state index contributed by atoms with van der Waals surface area (Å²) < 4.78 is 5.80. The molecule has 0 saturated heterocycles. The number of amides is 1. The molecule has 24 heavy (non-hydrogen) atoms. The van der Waals surface area contributed by atoms with E-state index >= 15 is 0 Å². The highest BCUT2D eigenvalue weighted by Gasteiger charge is 2.22. The lowest BCUT2D eigenvalue weighted by molar-refractivity contribution is -0.121. The molecule has 1 aliphatic carbocycles. The maximum atomic E-state index is 11.7. The molecular formula is C20H24N2O2. The van der Waals surface area contributed by atoms with E-state index in [0.29, 0.717) is 36.9 Å². The summed E-state index contributed by atoms with van der Waals surface area (Å²) in [6, 6.07) is 14.4. The first kappa shape index (κ1) is 16.4. The molecule has 0 atom stereocenters. The number of benzene rings is 2. The Balaban J connectivity index is 1.51. The number of carbonyl (C=O) groups excluding carboxylic acids is 1. The third kappa shape index (κ3) is 4.75. The van der Waals surface area contributed by atoms with Crippen LogP contribution in [0.5, 0.6) is 5.75 Å². The molecule has 126 valence electrons. The Morgan fingerprint density at radius 2 is 1.88 bits per heavy atom. The molecule has 1 amide bonds. The van der Waals surface area contributed by atoms with E-state index in [9.17, 15) is 4.79 Å². The van der Waals surface area contributed by atoms with E-state index in [4.69, 9.17) is 10.5 Å². The molecule has 0 bridgehead atoms. The first-order valence-electron chi connectivity index (χ1n) is 8.46. The van der Waals surface area contributed by atoms with Gasteiger partial charge in [0.1, 0.15) is 12.4 Å². The minimum Gasteiger partial charge on any atom is -0.487 e. The molecule has 0 aliphatic heterocycles. The fraction of sp³-hybridized carbons (Fsp3) is 0.350. The largest absolute Gasteiger partial charge is 0.487 e. The van der Waals surface area contributed by atoms with Crippen LogP contribution in [0.3, 0.4) is 0 Å².